The third-order valence-corrected chi connectivity index (χ3v) is 6.41. The highest BCUT2D eigenvalue weighted by Gasteiger charge is 2.19. The fourth-order valence-corrected chi connectivity index (χ4v) is 4.64. The summed E-state index contributed by atoms with van der Waals surface area (Å²) in [5.74, 6) is 1.04. The lowest BCUT2D eigenvalue weighted by atomic mass is 10.3. The van der Waals surface area contributed by atoms with Gasteiger partial charge in [0.1, 0.15) is 5.00 Å². The number of sulfonamides is 1. The van der Waals surface area contributed by atoms with Crippen molar-refractivity contribution in [2.24, 2.45) is 0 Å². The Morgan fingerprint density at radius 2 is 1.85 bits per heavy atom. The molecule has 0 spiro atoms. The van der Waals surface area contributed by atoms with Crippen LogP contribution < -0.4 is 14.2 Å². The summed E-state index contributed by atoms with van der Waals surface area (Å²) >= 11 is 1.57. The fourth-order valence-electron chi connectivity index (χ4n) is 2.73. The molecule has 3 aromatic rings. The molecule has 0 unspecified atom stereocenters. The highest BCUT2D eigenvalue weighted by molar-refractivity contribution is 7.89. The second kappa shape index (κ2) is 7.14. The molecular weight excluding hydrogens is 372 g/mol. The van der Waals surface area contributed by atoms with Crippen molar-refractivity contribution in [2.45, 2.75) is 17.9 Å². The number of fused-ring (bicyclic) bond motifs is 1. The lowest BCUT2D eigenvalue weighted by Gasteiger charge is -2.11. The molecule has 1 aromatic carbocycles. The molecule has 136 valence electrons. The molecule has 0 bridgehead atoms. The highest BCUT2D eigenvalue weighted by atomic mass is 32.2. The van der Waals surface area contributed by atoms with Crippen molar-refractivity contribution in [1.29, 1.82) is 0 Å². The summed E-state index contributed by atoms with van der Waals surface area (Å²) in [5.41, 5.74) is 0.920. The van der Waals surface area contributed by atoms with Crippen LogP contribution in [-0.4, -0.2) is 26.2 Å². The first-order valence-corrected chi connectivity index (χ1v) is 10.6. The Morgan fingerprint density at radius 3 is 2.65 bits per heavy atom. The number of nitrogens with one attached hydrogen (secondary N) is 1. The number of hydrogen-bond acceptors (Lipinski definition) is 5. The van der Waals surface area contributed by atoms with E-state index in [1.807, 2.05) is 40.5 Å². The molecule has 0 atom stereocenters. The first kappa shape index (κ1) is 17.1. The standard InChI is InChI=1S/C18H18N2O4S2/c21-26(22,15-4-5-16-17(12-15)24-10-3-9-23-16)19-13-14-6-11-25-18(14)20-7-1-2-8-20/h1-2,4-8,11-12,19H,3,9-10,13H2. The average Bonchev–Trinajstić information content (AvgIpc) is 3.26. The minimum atomic E-state index is -3.66. The van der Waals surface area contributed by atoms with Gasteiger partial charge in [0.15, 0.2) is 11.5 Å². The van der Waals surface area contributed by atoms with Gasteiger partial charge in [-0.05, 0) is 35.7 Å². The van der Waals surface area contributed by atoms with Crippen LogP contribution in [-0.2, 0) is 16.6 Å². The molecule has 0 fully saturated rings. The number of hydrogen-bond donors (Lipinski definition) is 1. The van der Waals surface area contributed by atoms with E-state index < -0.39 is 10.0 Å². The Hall–Kier alpha value is -2.29. The first-order chi connectivity index (χ1) is 12.6. The van der Waals surface area contributed by atoms with Crippen LogP contribution >= 0.6 is 11.3 Å². The second-order valence-corrected chi connectivity index (χ2v) is 8.49. The van der Waals surface area contributed by atoms with Gasteiger partial charge in [-0.15, -0.1) is 11.3 Å². The van der Waals surface area contributed by atoms with E-state index in [1.165, 1.54) is 12.1 Å². The van der Waals surface area contributed by atoms with Gasteiger partial charge in [0.05, 0.1) is 18.1 Å². The van der Waals surface area contributed by atoms with Crippen LogP contribution in [0.2, 0.25) is 0 Å². The third-order valence-electron chi connectivity index (χ3n) is 4.04. The van der Waals surface area contributed by atoms with Crippen LogP contribution in [0.3, 0.4) is 0 Å². The van der Waals surface area contributed by atoms with Crippen LogP contribution in [0, 0.1) is 0 Å². The molecule has 0 saturated heterocycles. The summed E-state index contributed by atoms with van der Waals surface area (Å²) in [4.78, 5) is 0.166. The van der Waals surface area contributed by atoms with E-state index in [0.717, 1.165) is 17.0 Å². The van der Waals surface area contributed by atoms with E-state index in [9.17, 15) is 8.42 Å². The van der Waals surface area contributed by atoms with Crippen LogP contribution in [0.1, 0.15) is 12.0 Å². The minimum absolute atomic E-state index is 0.166. The van der Waals surface area contributed by atoms with Gasteiger partial charge in [0.25, 0.3) is 0 Å². The maximum absolute atomic E-state index is 12.7. The summed E-state index contributed by atoms with van der Waals surface area (Å²) in [6.45, 7) is 1.30. The zero-order valence-electron chi connectivity index (χ0n) is 13.9. The third kappa shape index (κ3) is 3.48. The van der Waals surface area contributed by atoms with Crippen LogP contribution in [0.15, 0.2) is 59.1 Å². The van der Waals surface area contributed by atoms with Gasteiger partial charge >= 0.3 is 0 Å². The van der Waals surface area contributed by atoms with E-state index in [0.29, 0.717) is 24.7 Å². The van der Waals surface area contributed by atoms with Crippen molar-refractivity contribution >= 4 is 21.4 Å². The second-order valence-electron chi connectivity index (χ2n) is 5.82. The van der Waals surface area contributed by atoms with Crippen molar-refractivity contribution in [3.05, 3.63) is 59.7 Å². The number of benzene rings is 1. The van der Waals surface area contributed by atoms with E-state index in [2.05, 4.69) is 4.72 Å². The minimum Gasteiger partial charge on any atom is -0.490 e. The molecule has 3 heterocycles. The zero-order chi connectivity index (χ0) is 18.0. The van der Waals surface area contributed by atoms with E-state index in [1.54, 1.807) is 17.4 Å². The van der Waals surface area contributed by atoms with Gasteiger partial charge in [-0.25, -0.2) is 13.1 Å². The molecule has 1 N–H and O–H groups in total. The predicted molar refractivity (Wildman–Crippen MR) is 99.7 cm³/mol. The summed E-state index contributed by atoms with van der Waals surface area (Å²) < 4.78 is 41.2. The molecule has 1 aliphatic rings. The Labute approximate surface area is 156 Å². The van der Waals surface area contributed by atoms with Gasteiger partial charge in [0.2, 0.25) is 10.0 Å². The van der Waals surface area contributed by atoms with E-state index >= 15 is 0 Å². The van der Waals surface area contributed by atoms with Gasteiger partial charge in [-0.3, -0.25) is 0 Å². The maximum Gasteiger partial charge on any atom is 0.241 e. The van der Waals surface area contributed by atoms with Crippen LogP contribution in [0.5, 0.6) is 11.5 Å². The summed E-state index contributed by atoms with van der Waals surface area (Å²) in [5, 5.41) is 2.95. The molecule has 2 aromatic heterocycles. The molecule has 1 aliphatic heterocycles. The number of rotatable bonds is 5. The number of ether oxygens (including phenoxy) is 2. The fraction of sp³-hybridized carbons (Fsp3) is 0.222. The molecular formula is C18H18N2O4S2. The molecule has 6 nitrogen and oxygen atoms in total. The number of thiophene rings is 1. The molecule has 0 aliphatic carbocycles. The Kier molecular flexibility index (Phi) is 4.71. The largest absolute Gasteiger partial charge is 0.490 e. The predicted octanol–water partition coefficient (Wildman–Crippen LogP) is 3.18. The lowest BCUT2D eigenvalue weighted by molar-refractivity contribution is 0.297. The smallest absolute Gasteiger partial charge is 0.241 e. The Morgan fingerprint density at radius 1 is 1.08 bits per heavy atom. The number of aromatic nitrogens is 1. The quantitative estimate of drug-likeness (QED) is 0.726. The van der Waals surface area contributed by atoms with Crippen LogP contribution in [0.25, 0.3) is 5.00 Å². The summed E-state index contributed by atoms with van der Waals surface area (Å²) in [6, 6.07) is 10.5. The van der Waals surface area contributed by atoms with E-state index in [4.69, 9.17) is 9.47 Å². The Bertz CT molecular complexity index is 994. The molecule has 0 radical (unpaired) electrons. The molecule has 4 rings (SSSR count). The van der Waals surface area contributed by atoms with Crippen molar-refractivity contribution in [3.8, 4) is 16.5 Å². The maximum atomic E-state index is 12.7. The SMILES string of the molecule is O=S(=O)(NCc1ccsc1-n1cccc1)c1ccc2c(c1)OCCCO2. The lowest BCUT2D eigenvalue weighted by Crippen LogP contribution is -2.23. The van der Waals surface area contributed by atoms with Gasteiger partial charge in [-0.2, -0.15) is 0 Å². The molecule has 26 heavy (non-hydrogen) atoms. The monoisotopic (exact) mass is 390 g/mol. The van der Waals surface area contributed by atoms with Crippen molar-refractivity contribution in [3.63, 3.8) is 0 Å². The average molecular weight is 390 g/mol. The highest BCUT2D eigenvalue weighted by Crippen LogP contribution is 2.32. The summed E-state index contributed by atoms with van der Waals surface area (Å²) in [7, 11) is -3.66. The molecule has 0 amide bonds. The first-order valence-electron chi connectivity index (χ1n) is 8.22. The van der Waals surface area contributed by atoms with Crippen molar-refractivity contribution < 1.29 is 17.9 Å². The van der Waals surface area contributed by atoms with Gasteiger partial charge in [0, 0.05) is 37.0 Å². The van der Waals surface area contributed by atoms with Crippen molar-refractivity contribution in [2.75, 3.05) is 13.2 Å². The molecule has 0 saturated carbocycles. The Balaban J connectivity index is 1.54. The van der Waals surface area contributed by atoms with Crippen molar-refractivity contribution in [1.82, 2.24) is 9.29 Å². The number of nitrogens with zero attached hydrogens (tertiary/aromatic N) is 1. The topological polar surface area (TPSA) is 69.6 Å². The van der Waals surface area contributed by atoms with Gasteiger partial charge in [-0.1, -0.05) is 0 Å². The molecule has 8 heteroatoms. The summed E-state index contributed by atoms with van der Waals surface area (Å²) in [6.07, 6.45) is 4.65. The van der Waals surface area contributed by atoms with Crippen LogP contribution in [0.4, 0.5) is 0 Å². The zero-order valence-corrected chi connectivity index (χ0v) is 15.6. The van der Waals surface area contributed by atoms with E-state index in [-0.39, 0.29) is 11.4 Å². The normalized spacial score (nSPS) is 14.2. The van der Waals surface area contributed by atoms with Gasteiger partial charge < -0.3 is 14.0 Å².